The van der Waals surface area contributed by atoms with Crippen LogP contribution in [0.1, 0.15) is 50.0 Å². The summed E-state index contributed by atoms with van der Waals surface area (Å²) in [5.74, 6) is 1.74. The Morgan fingerprint density at radius 2 is 1.62 bits per heavy atom. The molecule has 3 fully saturated rings. The van der Waals surface area contributed by atoms with Crippen LogP contribution < -0.4 is 9.47 Å². The molecule has 0 bridgehead atoms. The standard InChI is InChI=1S/C23H32N2O4/c1-28-17-9-10-21(29-2)18(13-17)19-14-25(22(26)16-7-3-4-8-16)15-20(19)23(27)24-11-5-6-12-24/h9-10,13,16,19-20H,3-8,11-12,14-15H2,1-2H3/t19-,20+/m1/s1. The fraction of sp³-hybridized carbons (Fsp3) is 0.652. The summed E-state index contributed by atoms with van der Waals surface area (Å²) < 4.78 is 11.1. The summed E-state index contributed by atoms with van der Waals surface area (Å²) in [6, 6.07) is 5.74. The van der Waals surface area contributed by atoms with E-state index in [1.165, 1.54) is 0 Å². The summed E-state index contributed by atoms with van der Waals surface area (Å²) in [6.45, 7) is 2.74. The molecule has 29 heavy (non-hydrogen) atoms. The van der Waals surface area contributed by atoms with E-state index in [0.717, 1.165) is 68.7 Å². The second-order valence-electron chi connectivity index (χ2n) is 8.58. The fourth-order valence-corrected chi connectivity index (χ4v) is 5.28. The number of carbonyl (C=O) groups is 2. The van der Waals surface area contributed by atoms with Crippen LogP contribution in [0.3, 0.4) is 0 Å². The lowest BCUT2D eigenvalue weighted by atomic mass is 9.87. The molecule has 0 radical (unpaired) electrons. The Morgan fingerprint density at radius 3 is 2.28 bits per heavy atom. The molecule has 2 heterocycles. The van der Waals surface area contributed by atoms with E-state index in [2.05, 4.69) is 0 Å². The highest BCUT2D eigenvalue weighted by molar-refractivity contribution is 5.84. The molecule has 0 aromatic heterocycles. The van der Waals surface area contributed by atoms with Gasteiger partial charge in [-0.2, -0.15) is 0 Å². The van der Waals surface area contributed by atoms with Gasteiger partial charge in [0.2, 0.25) is 11.8 Å². The second-order valence-corrected chi connectivity index (χ2v) is 8.58. The molecule has 1 aromatic rings. The number of hydrogen-bond acceptors (Lipinski definition) is 4. The maximum Gasteiger partial charge on any atom is 0.228 e. The number of carbonyl (C=O) groups excluding carboxylic acids is 2. The molecule has 1 aliphatic carbocycles. The third-order valence-electron chi connectivity index (χ3n) is 6.91. The predicted octanol–water partition coefficient (Wildman–Crippen LogP) is 3.06. The molecule has 3 aliphatic rings. The lowest BCUT2D eigenvalue weighted by Gasteiger charge is -2.25. The van der Waals surface area contributed by atoms with Gasteiger partial charge in [-0.25, -0.2) is 0 Å². The van der Waals surface area contributed by atoms with Gasteiger partial charge >= 0.3 is 0 Å². The largest absolute Gasteiger partial charge is 0.497 e. The van der Waals surface area contributed by atoms with Gasteiger partial charge in [0.15, 0.2) is 0 Å². The van der Waals surface area contributed by atoms with E-state index in [9.17, 15) is 9.59 Å². The Morgan fingerprint density at radius 1 is 0.897 bits per heavy atom. The van der Waals surface area contributed by atoms with Crippen molar-refractivity contribution in [2.75, 3.05) is 40.4 Å². The van der Waals surface area contributed by atoms with E-state index >= 15 is 0 Å². The number of benzene rings is 1. The Labute approximate surface area is 173 Å². The highest BCUT2D eigenvalue weighted by Crippen LogP contribution is 2.41. The quantitative estimate of drug-likeness (QED) is 0.762. The lowest BCUT2D eigenvalue weighted by molar-refractivity contribution is -0.136. The molecule has 6 nitrogen and oxygen atoms in total. The summed E-state index contributed by atoms with van der Waals surface area (Å²) in [6.07, 6.45) is 6.36. The highest BCUT2D eigenvalue weighted by Gasteiger charge is 2.44. The van der Waals surface area contributed by atoms with Gasteiger partial charge in [0.25, 0.3) is 0 Å². The molecule has 2 aliphatic heterocycles. The molecule has 4 rings (SSSR count). The van der Waals surface area contributed by atoms with Crippen LogP contribution in [0.4, 0.5) is 0 Å². The van der Waals surface area contributed by atoms with Crippen molar-refractivity contribution >= 4 is 11.8 Å². The van der Waals surface area contributed by atoms with Crippen LogP contribution >= 0.6 is 0 Å². The Hall–Kier alpha value is -2.24. The predicted molar refractivity (Wildman–Crippen MR) is 110 cm³/mol. The van der Waals surface area contributed by atoms with Crippen LogP contribution in [0, 0.1) is 11.8 Å². The van der Waals surface area contributed by atoms with Gasteiger partial charge in [-0.3, -0.25) is 9.59 Å². The van der Waals surface area contributed by atoms with E-state index in [4.69, 9.17) is 9.47 Å². The number of rotatable bonds is 5. The van der Waals surface area contributed by atoms with E-state index < -0.39 is 0 Å². The van der Waals surface area contributed by atoms with Crippen LogP contribution in [-0.4, -0.2) is 62.0 Å². The second kappa shape index (κ2) is 8.64. The van der Waals surface area contributed by atoms with Crippen molar-refractivity contribution in [1.29, 1.82) is 0 Å². The van der Waals surface area contributed by atoms with Crippen LogP contribution in [0.2, 0.25) is 0 Å². The van der Waals surface area contributed by atoms with Crippen molar-refractivity contribution in [2.24, 2.45) is 11.8 Å². The van der Waals surface area contributed by atoms with Crippen LogP contribution in [0.25, 0.3) is 0 Å². The molecular formula is C23H32N2O4. The Balaban J connectivity index is 1.64. The monoisotopic (exact) mass is 400 g/mol. The average Bonchev–Trinajstić information content (AvgIpc) is 3.53. The fourth-order valence-electron chi connectivity index (χ4n) is 5.28. The van der Waals surface area contributed by atoms with E-state index in [-0.39, 0.29) is 29.6 Å². The normalized spacial score (nSPS) is 24.9. The van der Waals surface area contributed by atoms with Crippen LogP contribution in [0.5, 0.6) is 11.5 Å². The molecular weight excluding hydrogens is 368 g/mol. The van der Waals surface area contributed by atoms with Crippen molar-refractivity contribution in [3.63, 3.8) is 0 Å². The van der Waals surface area contributed by atoms with Gasteiger partial charge in [0, 0.05) is 43.6 Å². The van der Waals surface area contributed by atoms with E-state index in [1.807, 2.05) is 28.0 Å². The van der Waals surface area contributed by atoms with Crippen molar-refractivity contribution < 1.29 is 19.1 Å². The molecule has 0 N–H and O–H groups in total. The first-order valence-corrected chi connectivity index (χ1v) is 10.9. The Bertz CT molecular complexity index is 753. The van der Waals surface area contributed by atoms with Gasteiger partial charge in [-0.05, 0) is 43.9 Å². The number of ether oxygens (including phenoxy) is 2. The summed E-state index contributed by atoms with van der Waals surface area (Å²) in [7, 11) is 3.29. The van der Waals surface area contributed by atoms with Gasteiger partial charge in [0.05, 0.1) is 20.1 Å². The minimum atomic E-state index is -0.223. The molecule has 0 unspecified atom stereocenters. The third-order valence-corrected chi connectivity index (χ3v) is 6.91. The minimum Gasteiger partial charge on any atom is -0.497 e. The zero-order chi connectivity index (χ0) is 20.4. The van der Waals surface area contributed by atoms with Gasteiger partial charge in [-0.15, -0.1) is 0 Å². The molecule has 2 amide bonds. The molecule has 6 heteroatoms. The van der Waals surface area contributed by atoms with Crippen molar-refractivity contribution in [3.8, 4) is 11.5 Å². The first-order valence-electron chi connectivity index (χ1n) is 10.9. The summed E-state index contributed by atoms with van der Waals surface area (Å²) >= 11 is 0. The minimum absolute atomic E-state index is 0.0708. The Kier molecular flexibility index (Phi) is 5.97. The van der Waals surface area contributed by atoms with Gasteiger partial charge < -0.3 is 19.3 Å². The van der Waals surface area contributed by atoms with E-state index in [0.29, 0.717) is 13.1 Å². The number of likely N-dealkylation sites (tertiary alicyclic amines) is 2. The molecule has 0 spiro atoms. The maximum absolute atomic E-state index is 13.4. The molecule has 158 valence electrons. The topological polar surface area (TPSA) is 59.1 Å². The summed E-state index contributed by atoms with van der Waals surface area (Å²) in [4.78, 5) is 30.5. The van der Waals surface area contributed by atoms with Crippen molar-refractivity contribution in [2.45, 2.75) is 44.4 Å². The molecule has 1 saturated carbocycles. The molecule has 2 atom stereocenters. The lowest BCUT2D eigenvalue weighted by Crippen LogP contribution is -2.38. The number of methoxy groups -OCH3 is 2. The average molecular weight is 401 g/mol. The van der Waals surface area contributed by atoms with E-state index in [1.54, 1.807) is 14.2 Å². The van der Waals surface area contributed by atoms with Crippen LogP contribution in [0.15, 0.2) is 18.2 Å². The van der Waals surface area contributed by atoms with Gasteiger partial charge in [0.1, 0.15) is 11.5 Å². The zero-order valence-electron chi connectivity index (χ0n) is 17.6. The number of nitrogens with zero attached hydrogens (tertiary/aromatic N) is 2. The maximum atomic E-state index is 13.4. The number of amides is 2. The van der Waals surface area contributed by atoms with Crippen molar-refractivity contribution in [3.05, 3.63) is 23.8 Å². The summed E-state index contributed by atoms with van der Waals surface area (Å²) in [5.41, 5.74) is 0.964. The van der Waals surface area contributed by atoms with Crippen molar-refractivity contribution in [1.82, 2.24) is 9.80 Å². The number of hydrogen-bond donors (Lipinski definition) is 0. The first kappa shape index (κ1) is 20.0. The SMILES string of the molecule is COc1ccc(OC)c([C@H]2CN(C(=O)C3CCCC3)C[C@@H]2C(=O)N2CCCC2)c1. The molecule has 2 saturated heterocycles. The highest BCUT2D eigenvalue weighted by atomic mass is 16.5. The zero-order valence-corrected chi connectivity index (χ0v) is 17.6. The summed E-state index contributed by atoms with van der Waals surface area (Å²) in [5, 5.41) is 0. The van der Waals surface area contributed by atoms with Gasteiger partial charge in [-0.1, -0.05) is 12.8 Å². The first-order chi connectivity index (χ1) is 14.1. The third kappa shape index (κ3) is 3.94. The smallest absolute Gasteiger partial charge is 0.228 e. The molecule has 1 aromatic carbocycles. The van der Waals surface area contributed by atoms with Crippen LogP contribution in [-0.2, 0) is 9.59 Å².